The molecule has 3 aromatic rings. The Labute approximate surface area is 126 Å². The number of aromatic nitrogens is 2. The van der Waals surface area contributed by atoms with Gasteiger partial charge in [-0.3, -0.25) is 0 Å². The first-order valence-corrected chi connectivity index (χ1v) is 7.15. The number of halogens is 2. The molecule has 0 unspecified atom stereocenters. The molecule has 5 heteroatoms. The van der Waals surface area contributed by atoms with Crippen LogP contribution in [-0.4, -0.2) is 9.55 Å². The lowest BCUT2D eigenvalue weighted by molar-refractivity contribution is 0.590. The minimum atomic E-state index is -0.626. The lowest BCUT2D eigenvalue weighted by Crippen LogP contribution is -2.03. The summed E-state index contributed by atoms with van der Waals surface area (Å²) in [6, 6.07) is 10.2. The highest BCUT2D eigenvalue weighted by Gasteiger charge is 2.12. The third-order valence-electron chi connectivity index (χ3n) is 3.63. The Hall–Kier alpha value is -2.01. The molecule has 0 aliphatic heterocycles. The number of H-pyrrole nitrogens is 1. The smallest absolute Gasteiger partial charge is 0.178 e. The molecule has 1 heterocycles. The Morgan fingerprint density at radius 2 is 1.86 bits per heavy atom. The molecule has 1 aromatic heterocycles. The molecule has 0 amide bonds. The van der Waals surface area contributed by atoms with E-state index in [9.17, 15) is 8.78 Å². The van der Waals surface area contributed by atoms with E-state index in [1.165, 1.54) is 11.6 Å². The van der Waals surface area contributed by atoms with Crippen LogP contribution >= 0.6 is 12.2 Å². The van der Waals surface area contributed by atoms with Gasteiger partial charge < -0.3 is 9.55 Å². The molecule has 0 spiro atoms. The maximum atomic E-state index is 13.8. The van der Waals surface area contributed by atoms with E-state index in [4.69, 9.17) is 12.2 Å². The number of aromatic amines is 1. The van der Waals surface area contributed by atoms with Crippen molar-refractivity contribution >= 4 is 23.3 Å². The van der Waals surface area contributed by atoms with E-state index in [1.54, 1.807) is 4.57 Å². The number of hydrogen-bond acceptors (Lipinski definition) is 1. The first-order valence-electron chi connectivity index (χ1n) is 6.74. The van der Waals surface area contributed by atoms with Crippen molar-refractivity contribution in [1.82, 2.24) is 9.55 Å². The van der Waals surface area contributed by atoms with Gasteiger partial charge in [0.15, 0.2) is 10.6 Å². The molecule has 108 valence electrons. The molecule has 0 radical (unpaired) electrons. The van der Waals surface area contributed by atoms with Crippen LogP contribution in [0.5, 0.6) is 0 Å². The summed E-state index contributed by atoms with van der Waals surface area (Å²) in [6.07, 6.45) is 0.897. The predicted octanol–water partition coefficient (Wildman–Crippen LogP) is 4.59. The summed E-state index contributed by atoms with van der Waals surface area (Å²) in [5.41, 5.74) is 2.99. The third kappa shape index (κ3) is 2.49. The normalized spacial score (nSPS) is 11.2. The van der Waals surface area contributed by atoms with Crippen molar-refractivity contribution in [2.75, 3.05) is 0 Å². The average molecular weight is 304 g/mol. The Morgan fingerprint density at radius 3 is 2.57 bits per heavy atom. The highest BCUT2D eigenvalue weighted by Crippen LogP contribution is 2.21. The molecule has 0 bridgehead atoms. The standard InChI is InChI=1S/C16H14F2N2S/c1-2-10-5-3-4-6-11(10)9-20-14-8-12(17)7-13(18)15(14)19-16(20)21/h3-8H,2,9H2,1H3,(H,19,21). The number of benzene rings is 2. The van der Waals surface area contributed by atoms with E-state index in [0.717, 1.165) is 18.1 Å². The number of hydrogen-bond donors (Lipinski definition) is 1. The van der Waals surface area contributed by atoms with Gasteiger partial charge in [-0.25, -0.2) is 8.78 Å². The van der Waals surface area contributed by atoms with Gasteiger partial charge in [0.25, 0.3) is 0 Å². The van der Waals surface area contributed by atoms with Crippen molar-refractivity contribution in [1.29, 1.82) is 0 Å². The number of imidazole rings is 1. The second kappa shape index (κ2) is 5.41. The van der Waals surface area contributed by atoms with Crippen LogP contribution in [-0.2, 0) is 13.0 Å². The Bertz CT molecular complexity index is 864. The van der Waals surface area contributed by atoms with Crippen molar-refractivity contribution in [3.8, 4) is 0 Å². The molecule has 0 aliphatic rings. The largest absolute Gasteiger partial charge is 0.328 e. The molecule has 2 aromatic carbocycles. The van der Waals surface area contributed by atoms with Gasteiger partial charge in [-0.2, -0.15) is 0 Å². The number of nitrogens with one attached hydrogen (secondary N) is 1. The highest BCUT2D eigenvalue weighted by atomic mass is 32.1. The summed E-state index contributed by atoms with van der Waals surface area (Å²) in [4.78, 5) is 2.82. The zero-order valence-electron chi connectivity index (χ0n) is 11.5. The number of fused-ring (bicyclic) bond motifs is 1. The minimum Gasteiger partial charge on any atom is -0.328 e. The summed E-state index contributed by atoms with van der Waals surface area (Å²) in [5.74, 6) is -1.23. The maximum absolute atomic E-state index is 13.8. The molecular formula is C16H14F2N2S. The van der Waals surface area contributed by atoms with Crippen molar-refractivity contribution in [3.05, 3.63) is 63.9 Å². The summed E-state index contributed by atoms with van der Waals surface area (Å²) in [6.45, 7) is 2.57. The summed E-state index contributed by atoms with van der Waals surface area (Å²) in [5, 5.41) is 0. The van der Waals surface area contributed by atoms with E-state index in [0.29, 0.717) is 16.8 Å². The van der Waals surface area contributed by atoms with Gasteiger partial charge in [0.1, 0.15) is 11.3 Å². The average Bonchev–Trinajstić information content (AvgIpc) is 2.77. The van der Waals surface area contributed by atoms with Crippen molar-refractivity contribution in [2.45, 2.75) is 19.9 Å². The molecule has 1 N–H and O–H groups in total. The van der Waals surface area contributed by atoms with Crippen LogP contribution in [0.25, 0.3) is 11.0 Å². The monoisotopic (exact) mass is 304 g/mol. The van der Waals surface area contributed by atoms with Crippen LogP contribution in [0.1, 0.15) is 18.1 Å². The second-order valence-corrected chi connectivity index (χ2v) is 5.31. The van der Waals surface area contributed by atoms with Crippen LogP contribution in [0.2, 0.25) is 0 Å². The van der Waals surface area contributed by atoms with E-state index < -0.39 is 11.6 Å². The van der Waals surface area contributed by atoms with Crippen LogP contribution in [0, 0.1) is 16.4 Å². The topological polar surface area (TPSA) is 20.7 Å². The number of nitrogens with zero attached hydrogens (tertiary/aromatic N) is 1. The van der Waals surface area contributed by atoms with Gasteiger partial charge in [0.05, 0.1) is 12.1 Å². The van der Waals surface area contributed by atoms with E-state index in [2.05, 4.69) is 18.0 Å². The van der Waals surface area contributed by atoms with E-state index >= 15 is 0 Å². The van der Waals surface area contributed by atoms with Crippen LogP contribution in [0.3, 0.4) is 0 Å². The summed E-state index contributed by atoms with van der Waals surface area (Å²) >= 11 is 5.25. The van der Waals surface area contributed by atoms with Crippen LogP contribution < -0.4 is 0 Å². The van der Waals surface area contributed by atoms with E-state index in [1.807, 2.05) is 18.2 Å². The minimum absolute atomic E-state index is 0.246. The molecule has 21 heavy (non-hydrogen) atoms. The number of rotatable bonds is 3. The van der Waals surface area contributed by atoms with Gasteiger partial charge >= 0.3 is 0 Å². The fourth-order valence-electron chi connectivity index (χ4n) is 2.56. The Balaban J connectivity index is 2.17. The van der Waals surface area contributed by atoms with Crippen molar-refractivity contribution in [3.63, 3.8) is 0 Å². The number of aryl methyl sites for hydroxylation is 1. The lowest BCUT2D eigenvalue weighted by atomic mass is 10.1. The Morgan fingerprint density at radius 1 is 1.14 bits per heavy atom. The van der Waals surface area contributed by atoms with Gasteiger partial charge in [-0.1, -0.05) is 31.2 Å². The highest BCUT2D eigenvalue weighted by molar-refractivity contribution is 7.71. The molecule has 2 nitrogen and oxygen atoms in total. The Kier molecular flexibility index (Phi) is 3.59. The van der Waals surface area contributed by atoms with Crippen molar-refractivity contribution < 1.29 is 8.78 Å². The molecule has 0 aliphatic carbocycles. The fraction of sp³-hybridized carbons (Fsp3) is 0.188. The second-order valence-electron chi connectivity index (χ2n) is 4.92. The predicted molar refractivity (Wildman–Crippen MR) is 82.0 cm³/mol. The third-order valence-corrected chi connectivity index (χ3v) is 3.95. The summed E-state index contributed by atoms with van der Waals surface area (Å²) < 4.78 is 29.4. The molecule has 0 atom stereocenters. The quantitative estimate of drug-likeness (QED) is 0.702. The van der Waals surface area contributed by atoms with Crippen LogP contribution in [0.4, 0.5) is 8.78 Å². The first-order chi connectivity index (χ1) is 10.1. The molecule has 0 fully saturated rings. The summed E-state index contributed by atoms with van der Waals surface area (Å²) in [7, 11) is 0. The molecule has 0 saturated carbocycles. The zero-order chi connectivity index (χ0) is 15.0. The van der Waals surface area contributed by atoms with E-state index in [-0.39, 0.29) is 5.52 Å². The van der Waals surface area contributed by atoms with Crippen LogP contribution in [0.15, 0.2) is 36.4 Å². The lowest BCUT2D eigenvalue weighted by Gasteiger charge is -2.09. The molecular weight excluding hydrogens is 290 g/mol. The maximum Gasteiger partial charge on any atom is 0.178 e. The van der Waals surface area contributed by atoms with Gasteiger partial charge in [-0.15, -0.1) is 0 Å². The first kappa shape index (κ1) is 13.9. The molecule has 0 saturated heterocycles. The fourth-order valence-corrected chi connectivity index (χ4v) is 2.83. The van der Waals surface area contributed by atoms with Gasteiger partial charge in [-0.05, 0) is 35.8 Å². The zero-order valence-corrected chi connectivity index (χ0v) is 12.3. The molecule has 3 rings (SSSR count). The van der Waals surface area contributed by atoms with Gasteiger partial charge in [0, 0.05) is 6.07 Å². The van der Waals surface area contributed by atoms with Gasteiger partial charge in [0.2, 0.25) is 0 Å². The SMILES string of the molecule is CCc1ccccc1Cn1c(=S)[nH]c2c(F)cc(F)cc21. The van der Waals surface area contributed by atoms with Crippen molar-refractivity contribution in [2.24, 2.45) is 0 Å².